The summed E-state index contributed by atoms with van der Waals surface area (Å²) in [7, 11) is 0. The minimum atomic E-state index is -0.504. The molecule has 5 nitrogen and oxygen atoms in total. The monoisotopic (exact) mass is 445 g/mol. The second kappa shape index (κ2) is 9.04. The van der Waals surface area contributed by atoms with Gasteiger partial charge in [0.15, 0.2) is 0 Å². The van der Waals surface area contributed by atoms with Gasteiger partial charge in [-0.05, 0) is 54.2 Å². The van der Waals surface area contributed by atoms with Crippen LogP contribution in [0.3, 0.4) is 0 Å². The highest BCUT2D eigenvalue weighted by molar-refractivity contribution is 7.98. The number of fused-ring (bicyclic) bond motifs is 3. The number of hydrogen-bond donors (Lipinski definition) is 1. The normalized spacial score (nSPS) is 19.3. The van der Waals surface area contributed by atoms with Crippen LogP contribution in [0.25, 0.3) is 21.7 Å². The van der Waals surface area contributed by atoms with Gasteiger partial charge in [-0.2, -0.15) is 0 Å². The van der Waals surface area contributed by atoms with E-state index in [0.717, 1.165) is 64.5 Å². The van der Waals surface area contributed by atoms with Gasteiger partial charge in [-0.25, -0.2) is 9.97 Å². The number of aliphatic hydroxyl groups is 1. The molecule has 6 heteroatoms. The fourth-order valence-corrected chi connectivity index (χ4v) is 5.24. The van der Waals surface area contributed by atoms with Crippen LogP contribution in [0.15, 0.2) is 64.8 Å². The first-order valence-electron chi connectivity index (χ1n) is 11.2. The van der Waals surface area contributed by atoms with Crippen LogP contribution in [0.5, 0.6) is 0 Å². The highest BCUT2D eigenvalue weighted by atomic mass is 32.2. The van der Waals surface area contributed by atoms with E-state index >= 15 is 0 Å². The van der Waals surface area contributed by atoms with Crippen molar-refractivity contribution in [1.29, 1.82) is 0 Å². The minimum Gasteiger partial charge on any atom is -0.391 e. The second-order valence-corrected chi connectivity index (χ2v) is 9.42. The number of nitrogens with zero attached hydrogens (tertiary/aromatic N) is 3. The molecule has 1 aliphatic rings. The Bertz CT molecular complexity index is 1320. The van der Waals surface area contributed by atoms with Crippen molar-refractivity contribution in [2.75, 3.05) is 6.26 Å². The molecule has 2 aromatic carbocycles. The van der Waals surface area contributed by atoms with Gasteiger partial charge in [0, 0.05) is 11.6 Å². The lowest BCUT2D eigenvalue weighted by molar-refractivity contribution is 0.103. The van der Waals surface area contributed by atoms with Gasteiger partial charge in [-0.15, -0.1) is 11.8 Å². The number of benzene rings is 2. The van der Waals surface area contributed by atoms with Crippen LogP contribution < -0.4 is 5.56 Å². The summed E-state index contributed by atoms with van der Waals surface area (Å²) in [5.74, 6) is 0. The van der Waals surface area contributed by atoms with E-state index in [1.54, 1.807) is 22.7 Å². The van der Waals surface area contributed by atoms with E-state index in [1.165, 1.54) is 0 Å². The SMILES string of the molecule is CSc1ccc(Cc2cc3c(=O)n([C@H]4CCCCC[C@@H]4O)cnc3c3ccccc23)cn1. The van der Waals surface area contributed by atoms with Gasteiger partial charge in [-0.1, -0.05) is 49.6 Å². The lowest BCUT2D eigenvalue weighted by Gasteiger charge is -2.23. The average molecular weight is 446 g/mol. The first-order valence-corrected chi connectivity index (χ1v) is 12.5. The Labute approximate surface area is 191 Å². The molecule has 2 heterocycles. The number of thioether (sulfide) groups is 1. The molecular weight excluding hydrogens is 418 g/mol. The van der Waals surface area contributed by atoms with Crippen molar-refractivity contribution in [1.82, 2.24) is 14.5 Å². The lowest BCUT2D eigenvalue weighted by Crippen LogP contribution is -2.32. The first kappa shape index (κ1) is 21.2. The summed E-state index contributed by atoms with van der Waals surface area (Å²) < 4.78 is 1.67. The standard InChI is InChI=1S/C26H27N3O2S/c1-32-24-12-11-17(15-27-24)13-18-14-21-25(20-8-6-5-7-19(18)20)28-16-29(26(21)31)22-9-3-2-4-10-23(22)30/h5-8,11-12,14-16,22-23,30H,2-4,9-10,13H2,1H3/t22-,23-/m0/s1. The smallest absolute Gasteiger partial charge is 0.261 e. The molecule has 2 atom stereocenters. The van der Waals surface area contributed by atoms with Crippen molar-refractivity contribution in [2.45, 2.75) is 55.7 Å². The molecule has 0 saturated heterocycles. The van der Waals surface area contributed by atoms with Crippen molar-refractivity contribution < 1.29 is 5.11 Å². The van der Waals surface area contributed by atoms with Crippen LogP contribution in [0, 0.1) is 0 Å². The Morgan fingerprint density at radius 1 is 1.03 bits per heavy atom. The fraction of sp³-hybridized carbons (Fsp3) is 0.346. The van der Waals surface area contributed by atoms with Crippen LogP contribution in [-0.4, -0.2) is 32.0 Å². The highest BCUT2D eigenvalue weighted by Crippen LogP contribution is 2.30. The molecule has 164 valence electrons. The summed E-state index contributed by atoms with van der Waals surface area (Å²) in [6.07, 6.45) is 10.4. The number of aromatic nitrogens is 3. The van der Waals surface area contributed by atoms with Gasteiger partial charge < -0.3 is 5.11 Å². The minimum absolute atomic E-state index is 0.0659. The van der Waals surface area contributed by atoms with Gasteiger partial charge in [-0.3, -0.25) is 9.36 Å². The number of hydrogen-bond acceptors (Lipinski definition) is 5. The third-order valence-corrected chi connectivity index (χ3v) is 7.24. The molecule has 0 spiro atoms. The van der Waals surface area contributed by atoms with Crippen molar-refractivity contribution in [2.24, 2.45) is 0 Å². The molecule has 1 aliphatic carbocycles. The topological polar surface area (TPSA) is 68.0 Å². The largest absolute Gasteiger partial charge is 0.391 e. The Hall–Kier alpha value is -2.70. The van der Waals surface area contributed by atoms with E-state index in [9.17, 15) is 9.90 Å². The third kappa shape index (κ3) is 3.93. The summed E-state index contributed by atoms with van der Waals surface area (Å²) >= 11 is 1.62. The fourth-order valence-electron chi connectivity index (χ4n) is 4.88. The summed E-state index contributed by atoms with van der Waals surface area (Å²) in [5, 5.41) is 14.4. The van der Waals surface area contributed by atoms with Crippen LogP contribution in [-0.2, 0) is 6.42 Å². The van der Waals surface area contributed by atoms with Gasteiger partial charge in [0.05, 0.1) is 34.4 Å². The maximum Gasteiger partial charge on any atom is 0.261 e. The van der Waals surface area contributed by atoms with Gasteiger partial charge in [0.25, 0.3) is 5.56 Å². The Kier molecular flexibility index (Phi) is 5.98. The average Bonchev–Trinajstić information content (AvgIpc) is 3.04. The number of rotatable bonds is 4. The zero-order chi connectivity index (χ0) is 22.1. The van der Waals surface area contributed by atoms with Crippen molar-refractivity contribution in [3.63, 3.8) is 0 Å². The maximum absolute atomic E-state index is 13.6. The summed E-state index contributed by atoms with van der Waals surface area (Å²) in [4.78, 5) is 22.8. The van der Waals surface area contributed by atoms with Crippen LogP contribution >= 0.6 is 11.8 Å². The third-order valence-electron chi connectivity index (χ3n) is 6.58. The molecular formula is C26H27N3O2S. The van der Waals surface area contributed by atoms with Crippen molar-refractivity contribution >= 4 is 33.4 Å². The maximum atomic E-state index is 13.6. The molecule has 4 aromatic rings. The van der Waals surface area contributed by atoms with E-state index in [2.05, 4.69) is 17.1 Å². The van der Waals surface area contributed by atoms with E-state index in [4.69, 9.17) is 4.98 Å². The summed E-state index contributed by atoms with van der Waals surface area (Å²) in [5.41, 5.74) is 2.86. The van der Waals surface area contributed by atoms with E-state index in [0.29, 0.717) is 11.8 Å². The van der Waals surface area contributed by atoms with E-state index in [1.807, 2.05) is 42.8 Å². The Morgan fingerprint density at radius 2 is 1.84 bits per heavy atom. The molecule has 1 saturated carbocycles. The molecule has 5 rings (SSSR count). The zero-order valence-corrected chi connectivity index (χ0v) is 19.0. The highest BCUT2D eigenvalue weighted by Gasteiger charge is 2.25. The quantitative estimate of drug-likeness (QED) is 0.268. The zero-order valence-electron chi connectivity index (χ0n) is 18.2. The molecule has 0 aliphatic heterocycles. The molecule has 32 heavy (non-hydrogen) atoms. The molecule has 2 aromatic heterocycles. The predicted molar refractivity (Wildman–Crippen MR) is 130 cm³/mol. The molecule has 1 N–H and O–H groups in total. The Morgan fingerprint density at radius 3 is 2.62 bits per heavy atom. The van der Waals surface area contributed by atoms with Crippen molar-refractivity contribution in [3.05, 3.63) is 76.5 Å². The molecule has 0 bridgehead atoms. The molecule has 1 fully saturated rings. The molecule has 0 unspecified atom stereocenters. The first-order chi connectivity index (χ1) is 15.7. The Balaban J connectivity index is 1.66. The number of pyridine rings is 1. The predicted octanol–water partition coefficient (Wildman–Crippen LogP) is 5.12. The van der Waals surface area contributed by atoms with E-state index < -0.39 is 6.10 Å². The van der Waals surface area contributed by atoms with Gasteiger partial charge >= 0.3 is 0 Å². The lowest BCUT2D eigenvalue weighted by atomic mass is 9.96. The molecule has 0 amide bonds. The van der Waals surface area contributed by atoms with E-state index in [-0.39, 0.29) is 11.6 Å². The van der Waals surface area contributed by atoms with Crippen LogP contribution in [0.4, 0.5) is 0 Å². The number of aliphatic hydroxyl groups excluding tert-OH is 1. The van der Waals surface area contributed by atoms with Crippen molar-refractivity contribution in [3.8, 4) is 0 Å². The van der Waals surface area contributed by atoms with Gasteiger partial charge in [0.1, 0.15) is 0 Å². The van der Waals surface area contributed by atoms with Gasteiger partial charge in [0.2, 0.25) is 0 Å². The van der Waals surface area contributed by atoms with Crippen LogP contribution in [0.2, 0.25) is 0 Å². The summed E-state index contributed by atoms with van der Waals surface area (Å²) in [6, 6.07) is 14.1. The summed E-state index contributed by atoms with van der Waals surface area (Å²) in [6.45, 7) is 0. The second-order valence-electron chi connectivity index (χ2n) is 8.59. The molecule has 0 radical (unpaired) electrons. The van der Waals surface area contributed by atoms with Crippen LogP contribution in [0.1, 0.15) is 49.3 Å².